The molecule has 0 aliphatic heterocycles. The van der Waals surface area contributed by atoms with Crippen LogP contribution in [0.1, 0.15) is 47.8 Å². The van der Waals surface area contributed by atoms with Gasteiger partial charge in [0.15, 0.2) is 6.29 Å². The van der Waals surface area contributed by atoms with Crippen molar-refractivity contribution < 1.29 is 9.90 Å². The zero-order chi connectivity index (χ0) is 11.2. The maximum absolute atomic E-state index is 10.9. The highest BCUT2D eigenvalue weighted by atomic mass is 16.3. The second-order valence-corrected chi connectivity index (χ2v) is 5.07. The summed E-state index contributed by atoms with van der Waals surface area (Å²) >= 11 is 0. The lowest BCUT2D eigenvalue weighted by Gasteiger charge is -2.13. The Morgan fingerprint density at radius 1 is 1.50 bits per heavy atom. The Hall–Kier alpha value is -1.23. The molecule has 86 valence electrons. The fourth-order valence-corrected chi connectivity index (χ4v) is 2.17. The molecule has 0 unspecified atom stereocenters. The zero-order valence-corrected chi connectivity index (χ0v) is 9.09. The van der Waals surface area contributed by atoms with Gasteiger partial charge in [-0.05, 0) is 25.7 Å². The quantitative estimate of drug-likeness (QED) is 0.745. The average molecular weight is 221 g/mol. The Kier molecular flexibility index (Phi) is 2.10. The minimum Gasteiger partial charge on any atom is -0.396 e. The highest BCUT2D eigenvalue weighted by Crippen LogP contribution is 2.48. The number of carbonyl (C=O) groups excluding carboxylic acids is 1. The highest BCUT2D eigenvalue weighted by Gasteiger charge is 2.44. The average Bonchev–Trinajstić information content (AvgIpc) is 3.20. The molecule has 0 radical (unpaired) electrons. The van der Waals surface area contributed by atoms with Crippen molar-refractivity contribution in [2.24, 2.45) is 5.41 Å². The topological polar surface area (TPSA) is 68.0 Å². The molecule has 1 N–H and O–H groups in total. The van der Waals surface area contributed by atoms with E-state index in [1.807, 2.05) is 4.68 Å². The summed E-state index contributed by atoms with van der Waals surface area (Å²) in [4.78, 5) is 10.9. The first-order chi connectivity index (χ1) is 7.78. The van der Waals surface area contributed by atoms with E-state index >= 15 is 0 Å². The molecule has 0 spiro atoms. The van der Waals surface area contributed by atoms with E-state index in [1.54, 1.807) is 0 Å². The lowest BCUT2D eigenvalue weighted by molar-refractivity contribution is 0.111. The van der Waals surface area contributed by atoms with Gasteiger partial charge in [-0.2, -0.15) is 0 Å². The predicted octanol–water partition coefficient (Wildman–Crippen LogP) is 0.740. The molecule has 2 fully saturated rings. The van der Waals surface area contributed by atoms with Gasteiger partial charge in [0, 0.05) is 11.3 Å². The van der Waals surface area contributed by atoms with Crippen LogP contribution >= 0.6 is 0 Å². The Morgan fingerprint density at radius 2 is 2.25 bits per heavy atom. The van der Waals surface area contributed by atoms with Crippen molar-refractivity contribution in [1.29, 1.82) is 0 Å². The molecule has 3 rings (SSSR count). The molecule has 0 atom stereocenters. The van der Waals surface area contributed by atoms with Crippen LogP contribution in [-0.4, -0.2) is 33.0 Å². The molecule has 2 aliphatic carbocycles. The van der Waals surface area contributed by atoms with Crippen molar-refractivity contribution >= 4 is 6.29 Å². The van der Waals surface area contributed by atoms with E-state index in [0.717, 1.165) is 37.7 Å². The van der Waals surface area contributed by atoms with Gasteiger partial charge in [0.2, 0.25) is 0 Å². The van der Waals surface area contributed by atoms with Crippen LogP contribution in [0.5, 0.6) is 0 Å². The lowest BCUT2D eigenvalue weighted by atomic mass is 10.1. The largest absolute Gasteiger partial charge is 0.396 e. The van der Waals surface area contributed by atoms with Gasteiger partial charge in [-0.15, -0.1) is 5.10 Å². The van der Waals surface area contributed by atoms with Gasteiger partial charge in [0.05, 0.1) is 18.8 Å². The van der Waals surface area contributed by atoms with E-state index in [9.17, 15) is 9.90 Å². The molecule has 2 saturated carbocycles. The smallest absolute Gasteiger partial charge is 0.172 e. The van der Waals surface area contributed by atoms with Crippen molar-refractivity contribution in [1.82, 2.24) is 15.0 Å². The van der Waals surface area contributed by atoms with E-state index in [2.05, 4.69) is 10.3 Å². The van der Waals surface area contributed by atoms with Crippen LogP contribution in [0.15, 0.2) is 0 Å². The van der Waals surface area contributed by atoms with Crippen LogP contribution in [0.2, 0.25) is 0 Å². The van der Waals surface area contributed by atoms with Crippen LogP contribution < -0.4 is 0 Å². The van der Waals surface area contributed by atoms with Crippen molar-refractivity contribution in [2.75, 3.05) is 6.61 Å². The second-order valence-electron chi connectivity index (χ2n) is 5.07. The number of hydrogen-bond acceptors (Lipinski definition) is 4. The number of carbonyl (C=O) groups is 1. The van der Waals surface area contributed by atoms with Crippen molar-refractivity contribution in [2.45, 2.75) is 38.1 Å². The zero-order valence-electron chi connectivity index (χ0n) is 9.09. The molecular weight excluding hydrogens is 206 g/mol. The normalized spacial score (nSPS) is 22.1. The van der Waals surface area contributed by atoms with Gasteiger partial charge in [0.25, 0.3) is 0 Å². The molecule has 1 aromatic rings. The number of hydrogen-bond donors (Lipinski definition) is 1. The molecule has 2 aliphatic rings. The van der Waals surface area contributed by atoms with E-state index in [1.165, 1.54) is 0 Å². The van der Waals surface area contributed by atoms with Gasteiger partial charge in [-0.25, -0.2) is 4.68 Å². The summed E-state index contributed by atoms with van der Waals surface area (Å²) < 4.78 is 1.84. The summed E-state index contributed by atoms with van der Waals surface area (Å²) in [5.41, 5.74) is 1.48. The van der Waals surface area contributed by atoms with Crippen molar-refractivity contribution in [3.8, 4) is 0 Å². The molecule has 0 aromatic carbocycles. The molecule has 1 heterocycles. The minimum absolute atomic E-state index is 0.0114. The van der Waals surface area contributed by atoms with Crippen LogP contribution in [0, 0.1) is 5.41 Å². The molecule has 5 heteroatoms. The van der Waals surface area contributed by atoms with Gasteiger partial charge in [-0.1, -0.05) is 5.21 Å². The van der Waals surface area contributed by atoms with Gasteiger partial charge < -0.3 is 5.11 Å². The van der Waals surface area contributed by atoms with Crippen LogP contribution in [-0.2, 0) is 6.54 Å². The van der Waals surface area contributed by atoms with Gasteiger partial charge >= 0.3 is 0 Å². The van der Waals surface area contributed by atoms with E-state index in [0.29, 0.717) is 18.2 Å². The standard InChI is InChI=1S/C11H15N3O2/c15-5-9-10(8-1-2-8)14(13-12-9)6-11(7-16)3-4-11/h5,8,16H,1-4,6-7H2. The third-order valence-electron chi connectivity index (χ3n) is 3.65. The Balaban J connectivity index is 1.88. The molecule has 0 bridgehead atoms. The first kappa shape index (κ1) is 9.96. The van der Waals surface area contributed by atoms with E-state index in [-0.39, 0.29) is 12.0 Å². The SMILES string of the molecule is O=Cc1nnn(CC2(CO)CC2)c1C1CC1. The maximum atomic E-state index is 10.9. The third kappa shape index (κ3) is 1.55. The summed E-state index contributed by atoms with van der Waals surface area (Å²) in [7, 11) is 0. The Bertz CT molecular complexity index is 419. The Labute approximate surface area is 93.5 Å². The van der Waals surface area contributed by atoms with Gasteiger partial charge in [-0.3, -0.25) is 4.79 Å². The fourth-order valence-electron chi connectivity index (χ4n) is 2.17. The number of aliphatic hydroxyl groups is 1. The number of aliphatic hydroxyl groups excluding tert-OH is 1. The number of aldehydes is 1. The summed E-state index contributed by atoms with van der Waals surface area (Å²) in [5, 5.41) is 17.2. The number of aromatic nitrogens is 3. The molecule has 16 heavy (non-hydrogen) atoms. The Morgan fingerprint density at radius 3 is 2.75 bits per heavy atom. The van der Waals surface area contributed by atoms with Crippen LogP contribution in [0.3, 0.4) is 0 Å². The molecule has 5 nitrogen and oxygen atoms in total. The summed E-state index contributed by atoms with van der Waals surface area (Å²) in [5.74, 6) is 0.463. The summed E-state index contributed by atoms with van der Waals surface area (Å²) in [6.45, 7) is 0.906. The number of rotatable bonds is 5. The van der Waals surface area contributed by atoms with E-state index in [4.69, 9.17) is 0 Å². The fraction of sp³-hybridized carbons (Fsp3) is 0.727. The summed E-state index contributed by atoms with van der Waals surface area (Å²) in [6, 6.07) is 0. The van der Waals surface area contributed by atoms with Crippen LogP contribution in [0.25, 0.3) is 0 Å². The molecule has 0 saturated heterocycles. The third-order valence-corrected chi connectivity index (χ3v) is 3.65. The highest BCUT2D eigenvalue weighted by molar-refractivity contribution is 5.73. The van der Waals surface area contributed by atoms with E-state index < -0.39 is 0 Å². The van der Waals surface area contributed by atoms with Crippen LogP contribution in [0.4, 0.5) is 0 Å². The maximum Gasteiger partial charge on any atom is 0.172 e. The van der Waals surface area contributed by atoms with Crippen molar-refractivity contribution in [3.63, 3.8) is 0 Å². The molecule has 1 aromatic heterocycles. The minimum atomic E-state index is 0.0114. The van der Waals surface area contributed by atoms with Crippen molar-refractivity contribution in [3.05, 3.63) is 11.4 Å². The first-order valence-corrected chi connectivity index (χ1v) is 5.77. The first-order valence-electron chi connectivity index (χ1n) is 5.77. The predicted molar refractivity (Wildman–Crippen MR) is 56.1 cm³/mol. The molecular formula is C11H15N3O2. The van der Waals surface area contributed by atoms with Gasteiger partial charge in [0.1, 0.15) is 5.69 Å². The molecule has 0 amide bonds. The lowest BCUT2D eigenvalue weighted by Crippen LogP contribution is -2.18. The second kappa shape index (κ2) is 3.38. The summed E-state index contributed by atoms with van der Waals surface area (Å²) in [6.07, 6.45) is 5.13. The number of nitrogens with zero attached hydrogens (tertiary/aromatic N) is 3. The monoisotopic (exact) mass is 221 g/mol.